The highest BCUT2D eigenvalue weighted by Gasteiger charge is 2.06. The molecule has 3 aromatic heterocycles. The quantitative estimate of drug-likeness (QED) is 0.449. The number of hydrogen-bond acceptors (Lipinski definition) is 6. The molecule has 29 heavy (non-hydrogen) atoms. The Morgan fingerprint density at radius 1 is 0.966 bits per heavy atom. The van der Waals surface area contributed by atoms with E-state index < -0.39 is 0 Å². The number of pyridine rings is 2. The van der Waals surface area contributed by atoms with Gasteiger partial charge in [-0.05, 0) is 37.1 Å². The number of ether oxygens (including phenoxy) is 1. The SMILES string of the molecule is CCc1cc(NCCCOc2cccc3cccnc23)nc(-c2ccncc2)n1. The molecule has 6 heteroatoms. The second kappa shape index (κ2) is 9.10. The maximum absolute atomic E-state index is 5.95. The summed E-state index contributed by atoms with van der Waals surface area (Å²) in [6.45, 7) is 3.45. The fourth-order valence-electron chi connectivity index (χ4n) is 3.06. The van der Waals surface area contributed by atoms with Crippen molar-refractivity contribution in [3.8, 4) is 17.1 Å². The lowest BCUT2D eigenvalue weighted by Crippen LogP contribution is -2.10. The zero-order chi connectivity index (χ0) is 19.9. The van der Waals surface area contributed by atoms with Crippen LogP contribution >= 0.6 is 0 Å². The number of rotatable bonds is 8. The van der Waals surface area contributed by atoms with Crippen LogP contribution in [0.4, 0.5) is 5.82 Å². The lowest BCUT2D eigenvalue weighted by atomic mass is 10.2. The summed E-state index contributed by atoms with van der Waals surface area (Å²) in [7, 11) is 0. The van der Waals surface area contributed by atoms with Gasteiger partial charge in [-0.25, -0.2) is 9.97 Å². The zero-order valence-corrected chi connectivity index (χ0v) is 16.4. The van der Waals surface area contributed by atoms with Crippen LogP contribution in [0.25, 0.3) is 22.3 Å². The minimum absolute atomic E-state index is 0.603. The summed E-state index contributed by atoms with van der Waals surface area (Å²) >= 11 is 0. The molecular weight excluding hydrogens is 362 g/mol. The molecule has 0 bridgehead atoms. The van der Waals surface area contributed by atoms with Crippen molar-refractivity contribution < 1.29 is 4.74 Å². The Morgan fingerprint density at radius 3 is 2.69 bits per heavy atom. The smallest absolute Gasteiger partial charge is 0.161 e. The predicted octanol–water partition coefficient (Wildman–Crippen LogP) is 4.53. The van der Waals surface area contributed by atoms with E-state index >= 15 is 0 Å². The first-order valence-corrected chi connectivity index (χ1v) is 9.82. The summed E-state index contributed by atoms with van der Waals surface area (Å²) in [6.07, 6.45) is 7.00. The lowest BCUT2D eigenvalue weighted by Gasteiger charge is -2.11. The van der Waals surface area contributed by atoms with Gasteiger partial charge in [-0.2, -0.15) is 0 Å². The Balaban J connectivity index is 1.36. The molecule has 0 atom stereocenters. The highest BCUT2D eigenvalue weighted by atomic mass is 16.5. The standard InChI is InChI=1S/C23H23N5O/c1-2-19-16-21(28-23(27-19)18-9-13-24-14-10-18)25-12-5-15-29-20-8-3-6-17-7-4-11-26-22(17)20/h3-4,6-11,13-14,16H,2,5,12,15H2,1H3,(H,25,27,28). The maximum Gasteiger partial charge on any atom is 0.161 e. The van der Waals surface area contributed by atoms with Crippen LogP contribution in [0, 0.1) is 0 Å². The molecule has 3 heterocycles. The van der Waals surface area contributed by atoms with Crippen LogP contribution in [0.15, 0.2) is 67.1 Å². The van der Waals surface area contributed by atoms with E-state index in [1.165, 1.54) is 0 Å². The second-order valence-electron chi connectivity index (χ2n) is 6.62. The zero-order valence-electron chi connectivity index (χ0n) is 16.4. The van der Waals surface area contributed by atoms with E-state index in [0.29, 0.717) is 12.4 Å². The van der Waals surface area contributed by atoms with E-state index in [1.807, 2.05) is 48.5 Å². The van der Waals surface area contributed by atoms with Gasteiger partial charge in [0.25, 0.3) is 0 Å². The van der Waals surface area contributed by atoms with Gasteiger partial charge in [0.2, 0.25) is 0 Å². The highest BCUT2D eigenvalue weighted by molar-refractivity contribution is 5.84. The number of fused-ring (bicyclic) bond motifs is 1. The Labute approximate surface area is 170 Å². The summed E-state index contributed by atoms with van der Waals surface area (Å²) in [5.74, 6) is 2.36. The first-order valence-electron chi connectivity index (χ1n) is 9.82. The van der Waals surface area contributed by atoms with E-state index in [0.717, 1.165) is 53.1 Å². The number of nitrogens with one attached hydrogen (secondary N) is 1. The van der Waals surface area contributed by atoms with Gasteiger partial charge in [-0.3, -0.25) is 9.97 Å². The van der Waals surface area contributed by atoms with E-state index in [2.05, 4.69) is 32.2 Å². The molecule has 0 spiro atoms. The first-order chi connectivity index (χ1) is 14.3. The van der Waals surface area contributed by atoms with Crippen LogP contribution in [-0.2, 0) is 6.42 Å². The monoisotopic (exact) mass is 385 g/mol. The maximum atomic E-state index is 5.95. The molecule has 0 aliphatic rings. The van der Waals surface area contributed by atoms with Crippen LogP contribution in [0.1, 0.15) is 19.0 Å². The number of hydrogen-bond donors (Lipinski definition) is 1. The minimum Gasteiger partial charge on any atom is -0.491 e. The first kappa shape index (κ1) is 18.8. The fraction of sp³-hybridized carbons (Fsp3) is 0.217. The predicted molar refractivity (Wildman–Crippen MR) is 115 cm³/mol. The molecule has 0 saturated heterocycles. The number of aryl methyl sites for hydroxylation is 1. The highest BCUT2D eigenvalue weighted by Crippen LogP contribution is 2.23. The Bertz CT molecular complexity index is 1080. The van der Waals surface area contributed by atoms with Gasteiger partial charge in [0, 0.05) is 47.8 Å². The van der Waals surface area contributed by atoms with E-state index in [-0.39, 0.29) is 0 Å². The molecule has 6 nitrogen and oxygen atoms in total. The third kappa shape index (κ3) is 4.66. The lowest BCUT2D eigenvalue weighted by molar-refractivity contribution is 0.318. The molecule has 1 N–H and O–H groups in total. The largest absolute Gasteiger partial charge is 0.491 e. The van der Waals surface area contributed by atoms with Crippen LogP contribution in [0.2, 0.25) is 0 Å². The molecule has 1 aromatic carbocycles. The topological polar surface area (TPSA) is 72.8 Å². The molecule has 0 aliphatic carbocycles. The normalized spacial score (nSPS) is 10.8. The molecule has 0 aliphatic heterocycles. The second-order valence-corrected chi connectivity index (χ2v) is 6.62. The molecule has 4 aromatic rings. The molecular formula is C23H23N5O. The minimum atomic E-state index is 0.603. The third-order valence-electron chi connectivity index (χ3n) is 4.56. The summed E-state index contributed by atoms with van der Waals surface area (Å²) in [4.78, 5) is 17.8. The van der Waals surface area contributed by atoms with Crippen molar-refractivity contribution in [3.05, 3.63) is 72.8 Å². The molecule has 0 unspecified atom stereocenters. The number of aromatic nitrogens is 4. The molecule has 0 fully saturated rings. The average Bonchev–Trinajstić information content (AvgIpc) is 2.79. The van der Waals surface area contributed by atoms with Crippen molar-refractivity contribution in [3.63, 3.8) is 0 Å². The van der Waals surface area contributed by atoms with Crippen molar-refractivity contribution in [2.24, 2.45) is 0 Å². The number of anilines is 1. The summed E-state index contributed by atoms with van der Waals surface area (Å²) < 4.78 is 5.95. The van der Waals surface area contributed by atoms with Gasteiger partial charge in [0.1, 0.15) is 17.1 Å². The Kier molecular flexibility index (Phi) is 5.90. The van der Waals surface area contributed by atoms with Gasteiger partial charge >= 0.3 is 0 Å². The number of nitrogens with zero attached hydrogens (tertiary/aromatic N) is 4. The molecule has 146 valence electrons. The molecule has 0 amide bonds. The summed E-state index contributed by atoms with van der Waals surface area (Å²) in [6, 6.07) is 15.8. The Hall–Kier alpha value is -3.54. The molecule has 0 radical (unpaired) electrons. The molecule has 4 rings (SSSR count). The van der Waals surface area contributed by atoms with Crippen LogP contribution in [0.5, 0.6) is 5.75 Å². The van der Waals surface area contributed by atoms with Gasteiger partial charge in [-0.15, -0.1) is 0 Å². The summed E-state index contributed by atoms with van der Waals surface area (Å²) in [5.41, 5.74) is 2.87. The van der Waals surface area contributed by atoms with Crippen LogP contribution in [0.3, 0.4) is 0 Å². The van der Waals surface area contributed by atoms with Crippen molar-refractivity contribution in [1.29, 1.82) is 0 Å². The van der Waals surface area contributed by atoms with Crippen molar-refractivity contribution >= 4 is 16.7 Å². The van der Waals surface area contributed by atoms with Gasteiger partial charge in [0.15, 0.2) is 5.82 Å². The van der Waals surface area contributed by atoms with Crippen molar-refractivity contribution in [2.75, 3.05) is 18.5 Å². The van der Waals surface area contributed by atoms with E-state index in [1.54, 1.807) is 18.6 Å². The Morgan fingerprint density at radius 2 is 1.83 bits per heavy atom. The molecule has 0 saturated carbocycles. The number of para-hydroxylation sites is 1. The summed E-state index contributed by atoms with van der Waals surface area (Å²) in [5, 5.41) is 4.47. The van der Waals surface area contributed by atoms with Gasteiger partial charge < -0.3 is 10.1 Å². The number of benzene rings is 1. The van der Waals surface area contributed by atoms with Crippen molar-refractivity contribution in [1.82, 2.24) is 19.9 Å². The van der Waals surface area contributed by atoms with Crippen LogP contribution in [-0.4, -0.2) is 33.1 Å². The van der Waals surface area contributed by atoms with Gasteiger partial charge in [0.05, 0.1) is 6.61 Å². The average molecular weight is 385 g/mol. The van der Waals surface area contributed by atoms with Crippen LogP contribution < -0.4 is 10.1 Å². The third-order valence-corrected chi connectivity index (χ3v) is 4.56. The van der Waals surface area contributed by atoms with Gasteiger partial charge in [-0.1, -0.05) is 25.1 Å². The fourth-order valence-corrected chi connectivity index (χ4v) is 3.06. The van der Waals surface area contributed by atoms with E-state index in [4.69, 9.17) is 4.74 Å². The van der Waals surface area contributed by atoms with E-state index in [9.17, 15) is 0 Å². The van der Waals surface area contributed by atoms with Crippen molar-refractivity contribution in [2.45, 2.75) is 19.8 Å².